The molecule has 0 bridgehead atoms. The highest BCUT2D eigenvalue weighted by Crippen LogP contribution is 2.42. The number of imidazole rings is 1. The molecule has 2 aromatic rings. The number of anilines is 1. The minimum atomic E-state index is -0.427. The first-order valence-electron chi connectivity index (χ1n) is 9.71. The SMILES string of the molecule is CCC(=O)N1CCc2[nH]cnc2C12CCN(C(=O)c1cnc(NC)nc1)CC2. The number of piperidine rings is 1. The van der Waals surface area contributed by atoms with E-state index in [0.717, 1.165) is 17.8 Å². The van der Waals surface area contributed by atoms with Gasteiger partial charge in [0, 0.05) is 57.6 Å². The van der Waals surface area contributed by atoms with E-state index in [9.17, 15) is 9.59 Å². The average molecular weight is 383 g/mol. The number of rotatable bonds is 3. The van der Waals surface area contributed by atoms with Crippen LogP contribution in [-0.4, -0.2) is 68.2 Å². The summed E-state index contributed by atoms with van der Waals surface area (Å²) in [5.41, 5.74) is 2.12. The van der Waals surface area contributed by atoms with Gasteiger partial charge in [-0.3, -0.25) is 9.59 Å². The topological polar surface area (TPSA) is 107 Å². The van der Waals surface area contributed by atoms with Crippen LogP contribution in [0.1, 0.15) is 47.9 Å². The first-order chi connectivity index (χ1) is 13.6. The summed E-state index contributed by atoms with van der Waals surface area (Å²) >= 11 is 0. The second-order valence-corrected chi connectivity index (χ2v) is 7.25. The summed E-state index contributed by atoms with van der Waals surface area (Å²) in [6.07, 6.45) is 7.43. The van der Waals surface area contributed by atoms with Crippen molar-refractivity contribution in [1.82, 2.24) is 29.7 Å². The van der Waals surface area contributed by atoms with Crippen molar-refractivity contribution in [2.75, 3.05) is 32.0 Å². The molecule has 2 N–H and O–H groups in total. The van der Waals surface area contributed by atoms with Crippen LogP contribution in [0.4, 0.5) is 5.95 Å². The Morgan fingerprint density at radius 1 is 1.18 bits per heavy atom. The van der Waals surface area contributed by atoms with E-state index in [1.54, 1.807) is 25.8 Å². The highest BCUT2D eigenvalue weighted by Gasteiger charge is 2.48. The molecular weight excluding hydrogens is 358 g/mol. The fourth-order valence-electron chi connectivity index (χ4n) is 4.37. The summed E-state index contributed by atoms with van der Waals surface area (Å²) in [5.74, 6) is 0.546. The van der Waals surface area contributed by atoms with Crippen molar-refractivity contribution in [2.24, 2.45) is 0 Å². The molecule has 0 atom stereocenters. The van der Waals surface area contributed by atoms with Gasteiger partial charge in [0.2, 0.25) is 11.9 Å². The maximum absolute atomic E-state index is 12.9. The molecule has 2 aliphatic rings. The average Bonchev–Trinajstić information content (AvgIpc) is 3.24. The molecule has 0 aromatic carbocycles. The maximum atomic E-state index is 12.9. The molecule has 148 valence electrons. The lowest BCUT2D eigenvalue weighted by atomic mass is 9.78. The van der Waals surface area contributed by atoms with Crippen molar-refractivity contribution in [1.29, 1.82) is 0 Å². The fraction of sp³-hybridized carbons (Fsp3) is 0.526. The highest BCUT2D eigenvalue weighted by atomic mass is 16.2. The van der Waals surface area contributed by atoms with Gasteiger partial charge in [-0.25, -0.2) is 15.0 Å². The number of aromatic nitrogens is 4. The molecule has 1 saturated heterocycles. The number of nitrogens with zero attached hydrogens (tertiary/aromatic N) is 5. The zero-order chi connectivity index (χ0) is 19.7. The molecule has 1 spiro atoms. The summed E-state index contributed by atoms with van der Waals surface area (Å²) in [6.45, 7) is 3.71. The Balaban J connectivity index is 1.55. The molecule has 9 nitrogen and oxygen atoms in total. The number of nitrogens with one attached hydrogen (secondary N) is 2. The van der Waals surface area contributed by atoms with Crippen molar-refractivity contribution < 1.29 is 9.59 Å². The van der Waals surface area contributed by atoms with Crippen molar-refractivity contribution in [3.05, 3.63) is 35.7 Å². The number of likely N-dealkylation sites (tertiary alicyclic amines) is 1. The van der Waals surface area contributed by atoms with Crippen LogP contribution in [0.2, 0.25) is 0 Å². The van der Waals surface area contributed by atoms with Gasteiger partial charge < -0.3 is 20.1 Å². The van der Waals surface area contributed by atoms with Crippen LogP contribution in [0.15, 0.2) is 18.7 Å². The van der Waals surface area contributed by atoms with Crippen LogP contribution in [0.5, 0.6) is 0 Å². The predicted molar refractivity (Wildman–Crippen MR) is 103 cm³/mol. The van der Waals surface area contributed by atoms with Gasteiger partial charge in [-0.1, -0.05) is 6.92 Å². The molecule has 2 aliphatic heterocycles. The van der Waals surface area contributed by atoms with E-state index in [2.05, 4.69) is 25.3 Å². The first-order valence-corrected chi connectivity index (χ1v) is 9.71. The van der Waals surface area contributed by atoms with Gasteiger partial charge >= 0.3 is 0 Å². The van der Waals surface area contributed by atoms with Crippen LogP contribution in [-0.2, 0) is 16.8 Å². The minimum absolute atomic E-state index is 0.0797. The normalized spacial score (nSPS) is 18.1. The zero-order valence-electron chi connectivity index (χ0n) is 16.2. The molecule has 9 heteroatoms. The molecular formula is C19H25N7O2. The van der Waals surface area contributed by atoms with Crippen molar-refractivity contribution in [3.8, 4) is 0 Å². The van der Waals surface area contributed by atoms with Gasteiger partial charge in [-0.2, -0.15) is 0 Å². The number of amides is 2. The molecule has 1 fully saturated rings. The molecule has 0 aliphatic carbocycles. The lowest BCUT2D eigenvalue weighted by molar-refractivity contribution is -0.141. The summed E-state index contributed by atoms with van der Waals surface area (Å²) in [4.78, 5) is 45.4. The smallest absolute Gasteiger partial charge is 0.256 e. The zero-order valence-corrected chi connectivity index (χ0v) is 16.2. The summed E-state index contributed by atoms with van der Waals surface area (Å²) < 4.78 is 0. The third-order valence-corrected chi connectivity index (χ3v) is 5.86. The van der Waals surface area contributed by atoms with Gasteiger partial charge in [0.25, 0.3) is 5.91 Å². The molecule has 0 unspecified atom stereocenters. The van der Waals surface area contributed by atoms with Gasteiger partial charge in [0.1, 0.15) is 0 Å². The molecule has 0 saturated carbocycles. The molecule has 0 radical (unpaired) electrons. The van der Waals surface area contributed by atoms with Gasteiger partial charge in [-0.05, 0) is 12.8 Å². The highest BCUT2D eigenvalue weighted by molar-refractivity contribution is 5.93. The predicted octanol–water partition coefficient (Wildman–Crippen LogP) is 1.17. The van der Waals surface area contributed by atoms with Crippen LogP contribution in [0.3, 0.4) is 0 Å². The summed E-state index contributed by atoms with van der Waals surface area (Å²) in [7, 11) is 1.73. The molecule has 2 amide bonds. The molecule has 28 heavy (non-hydrogen) atoms. The van der Waals surface area contributed by atoms with E-state index in [0.29, 0.717) is 50.4 Å². The third kappa shape index (κ3) is 2.90. The number of H-pyrrole nitrogens is 1. The molecule has 4 heterocycles. The summed E-state index contributed by atoms with van der Waals surface area (Å²) in [6, 6.07) is 0. The molecule has 2 aromatic heterocycles. The molecule has 4 rings (SSSR count). The lowest BCUT2D eigenvalue weighted by Gasteiger charge is -2.50. The van der Waals surface area contributed by atoms with Crippen LogP contribution >= 0.6 is 0 Å². The number of hydrogen-bond donors (Lipinski definition) is 2. The third-order valence-electron chi connectivity index (χ3n) is 5.86. The van der Waals surface area contributed by atoms with Gasteiger partial charge in [-0.15, -0.1) is 0 Å². The van der Waals surface area contributed by atoms with Crippen molar-refractivity contribution >= 4 is 17.8 Å². The van der Waals surface area contributed by atoms with Crippen LogP contribution < -0.4 is 5.32 Å². The monoisotopic (exact) mass is 383 g/mol. The lowest BCUT2D eigenvalue weighted by Crippen LogP contribution is -2.58. The van der Waals surface area contributed by atoms with Crippen molar-refractivity contribution in [2.45, 2.75) is 38.1 Å². The standard InChI is InChI=1S/C19H25N7O2/c1-3-15(27)26-7-4-14-16(24-12-23-14)19(26)5-8-25(9-6-19)17(28)13-10-21-18(20-2)22-11-13/h10-12H,3-9H2,1-2H3,(H,23,24)(H,20,21,22). The quantitative estimate of drug-likeness (QED) is 0.824. The van der Waals surface area contributed by atoms with E-state index in [1.165, 1.54) is 0 Å². The van der Waals surface area contributed by atoms with Crippen LogP contribution in [0.25, 0.3) is 0 Å². The Morgan fingerprint density at radius 2 is 1.89 bits per heavy atom. The Bertz CT molecular complexity index is 869. The Kier molecular flexibility index (Phi) is 4.74. The van der Waals surface area contributed by atoms with E-state index >= 15 is 0 Å². The Hall–Kier alpha value is -2.97. The number of hydrogen-bond acceptors (Lipinski definition) is 6. The second kappa shape index (κ2) is 7.21. The largest absolute Gasteiger partial charge is 0.357 e. The van der Waals surface area contributed by atoms with E-state index in [-0.39, 0.29) is 11.8 Å². The number of carbonyl (C=O) groups excluding carboxylic acids is 2. The van der Waals surface area contributed by atoms with E-state index in [4.69, 9.17) is 0 Å². The summed E-state index contributed by atoms with van der Waals surface area (Å²) in [5, 5.41) is 2.84. The minimum Gasteiger partial charge on any atom is -0.357 e. The Morgan fingerprint density at radius 3 is 2.54 bits per heavy atom. The van der Waals surface area contributed by atoms with Gasteiger partial charge in [0.15, 0.2) is 0 Å². The number of carbonyl (C=O) groups is 2. The van der Waals surface area contributed by atoms with Crippen LogP contribution in [0, 0.1) is 0 Å². The van der Waals surface area contributed by atoms with Gasteiger partial charge in [0.05, 0.1) is 23.1 Å². The van der Waals surface area contributed by atoms with E-state index in [1.807, 2.05) is 16.7 Å². The number of aromatic amines is 1. The maximum Gasteiger partial charge on any atom is 0.256 e. The Labute approximate surface area is 163 Å². The second-order valence-electron chi connectivity index (χ2n) is 7.25. The van der Waals surface area contributed by atoms with Crippen molar-refractivity contribution in [3.63, 3.8) is 0 Å². The number of fused-ring (bicyclic) bond motifs is 2. The van der Waals surface area contributed by atoms with E-state index < -0.39 is 5.54 Å². The first kappa shape index (κ1) is 18.4. The fourth-order valence-corrected chi connectivity index (χ4v) is 4.37.